The van der Waals surface area contributed by atoms with Crippen molar-refractivity contribution in [2.45, 2.75) is 32.1 Å². The third-order valence-corrected chi connectivity index (χ3v) is 4.78. The molecule has 0 heterocycles. The zero-order chi connectivity index (χ0) is 16.4. The Balaban J connectivity index is 1.59. The molecule has 1 aliphatic rings. The van der Waals surface area contributed by atoms with Crippen LogP contribution in [0.5, 0.6) is 0 Å². The molecule has 1 saturated carbocycles. The highest BCUT2D eigenvalue weighted by Gasteiger charge is 2.44. The summed E-state index contributed by atoms with van der Waals surface area (Å²) in [5, 5.41) is 6.67. The van der Waals surface area contributed by atoms with Crippen LogP contribution in [0.3, 0.4) is 0 Å². The van der Waals surface area contributed by atoms with E-state index in [1.807, 2.05) is 38.1 Å². The maximum atomic E-state index is 12.2. The molecule has 120 valence electrons. The maximum absolute atomic E-state index is 12.2. The topological polar surface area (TPSA) is 41.1 Å². The number of rotatable bonds is 4. The minimum atomic E-state index is -0.155. The number of hydrogen-bond acceptors (Lipinski definition) is 1. The Labute approximate surface area is 142 Å². The first kappa shape index (κ1) is 15.9. The minimum Gasteiger partial charge on any atom is -0.337 e. The lowest BCUT2D eigenvalue weighted by atomic mass is 9.96. The molecule has 0 saturated heterocycles. The summed E-state index contributed by atoms with van der Waals surface area (Å²) in [5.74, 6) is 0. The van der Waals surface area contributed by atoms with E-state index in [-0.39, 0.29) is 11.4 Å². The van der Waals surface area contributed by atoms with Crippen LogP contribution < -0.4 is 10.6 Å². The maximum Gasteiger partial charge on any atom is 0.319 e. The Morgan fingerprint density at radius 1 is 1.13 bits per heavy atom. The molecule has 3 nitrogen and oxygen atoms in total. The Hall–Kier alpha value is -2.00. The summed E-state index contributed by atoms with van der Waals surface area (Å²) >= 11 is 5.95. The van der Waals surface area contributed by atoms with E-state index in [1.54, 1.807) is 0 Å². The fourth-order valence-electron chi connectivity index (χ4n) is 2.89. The molecule has 2 N–H and O–H groups in total. The lowest BCUT2D eigenvalue weighted by Crippen LogP contribution is -2.35. The summed E-state index contributed by atoms with van der Waals surface area (Å²) in [6.07, 6.45) is 2.19. The van der Waals surface area contributed by atoms with Crippen LogP contribution in [-0.4, -0.2) is 12.6 Å². The Morgan fingerprint density at radius 3 is 2.43 bits per heavy atom. The smallest absolute Gasteiger partial charge is 0.319 e. The highest BCUT2D eigenvalue weighted by Crippen LogP contribution is 2.47. The molecule has 0 bridgehead atoms. The number of urea groups is 1. The highest BCUT2D eigenvalue weighted by atomic mass is 35.5. The van der Waals surface area contributed by atoms with Gasteiger partial charge in [0.25, 0.3) is 0 Å². The van der Waals surface area contributed by atoms with Crippen LogP contribution in [0.2, 0.25) is 5.02 Å². The van der Waals surface area contributed by atoms with E-state index in [0.29, 0.717) is 6.54 Å². The van der Waals surface area contributed by atoms with E-state index in [1.165, 1.54) is 11.1 Å². The third kappa shape index (κ3) is 3.67. The van der Waals surface area contributed by atoms with Gasteiger partial charge in [0.15, 0.2) is 0 Å². The number of aryl methyl sites for hydroxylation is 2. The Morgan fingerprint density at radius 2 is 1.83 bits per heavy atom. The van der Waals surface area contributed by atoms with Crippen molar-refractivity contribution < 1.29 is 4.79 Å². The first-order valence-electron chi connectivity index (χ1n) is 7.87. The van der Waals surface area contributed by atoms with Crippen LogP contribution in [0, 0.1) is 13.8 Å². The minimum absolute atomic E-state index is 0.0737. The third-order valence-electron chi connectivity index (χ3n) is 4.53. The van der Waals surface area contributed by atoms with Gasteiger partial charge in [-0.25, -0.2) is 4.79 Å². The number of halogens is 1. The second-order valence-corrected chi connectivity index (χ2v) is 6.85. The van der Waals surface area contributed by atoms with Crippen molar-refractivity contribution in [3.8, 4) is 0 Å². The van der Waals surface area contributed by atoms with Gasteiger partial charge in [-0.1, -0.05) is 41.4 Å². The molecule has 2 aromatic rings. The molecule has 0 atom stereocenters. The lowest BCUT2D eigenvalue weighted by Gasteiger charge is -2.17. The number of carbonyl (C=O) groups excluding carboxylic acids is 1. The summed E-state index contributed by atoms with van der Waals surface area (Å²) in [7, 11) is 0. The van der Waals surface area contributed by atoms with Gasteiger partial charge in [0.2, 0.25) is 0 Å². The van der Waals surface area contributed by atoms with Gasteiger partial charge in [-0.3, -0.25) is 0 Å². The summed E-state index contributed by atoms with van der Waals surface area (Å²) in [4.78, 5) is 12.2. The van der Waals surface area contributed by atoms with E-state index in [2.05, 4.69) is 28.8 Å². The van der Waals surface area contributed by atoms with Crippen molar-refractivity contribution >= 4 is 23.3 Å². The predicted octanol–water partition coefficient (Wildman–Crippen LogP) is 4.81. The molecule has 0 unspecified atom stereocenters. The molecule has 1 aliphatic carbocycles. The van der Waals surface area contributed by atoms with Crippen molar-refractivity contribution in [2.75, 3.05) is 11.9 Å². The zero-order valence-corrected chi connectivity index (χ0v) is 14.2. The van der Waals surface area contributed by atoms with Crippen molar-refractivity contribution in [1.82, 2.24) is 5.32 Å². The summed E-state index contributed by atoms with van der Waals surface area (Å²) in [5.41, 5.74) is 4.43. The summed E-state index contributed by atoms with van der Waals surface area (Å²) in [6.45, 7) is 4.68. The quantitative estimate of drug-likeness (QED) is 0.830. The number of hydrogen-bond donors (Lipinski definition) is 2. The molecule has 23 heavy (non-hydrogen) atoms. The van der Waals surface area contributed by atoms with Crippen molar-refractivity contribution in [3.63, 3.8) is 0 Å². The van der Waals surface area contributed by atoms with Crippen LogP contribution >= 0.6 is 11.6 Å². The van der Waals surface area contributed by atoms with E-state index < -0.39 is 0 Å². The fraction of sp³-hybridized carbons (Fsp3) is 0.316. The number of nitrogens with one attached hydrogen (secondary N) is 2. The van der Waals surface area contributed by atoms with Crippen LogP contribution in [0.15, 0.2) is 42.5 Å². The van der Waals surface area contributed by atoms with Crippen molar-refractivity contribution in [2.24, 2.45) is 0 Å². The highest BCUT2D eigenvalue weighted by molar-refractivity contribution is 6.30. The first-order valence-corrected chi connectivity index (χ1v) is 8.24. The van der Waals surface area contributed by atoms with Gasteiger partial charge in [0, 0.05) is 22.7 Å². The number of carbonyl (C=O) groups is 1. The normalized spacial score (nSPS) is 15.1. The average Bonchev–Trinajstić information content (AvgIpc) is 3.30. The molecule has 0 spiro atoms. The van der Waals surface area contributed by atoms with E-state index in [0.717, 1.165) is 29.1 Å². The zero-order valence-electron chi connectivity index (χ0n) is 13.4. The molecule has 2 aromatic carbocycles. The van der Waals surface area contributed by atoms with Crippen LogP contribution in [0.25, 0.3) is 0 Å². The lowest BCUT2D eigenvalue weighted by molar-refractivity contribution is 0.251. The Bertz CT molecular complexity index is 721. The molecular formula is C19H21ClN2O. The molecular weight excluding hydrogens is 308 g/mol. The fourth-order valence-corrected chi connectivity index (χ4v) is 3.02. The van der Waals surface area contributed by atoms with Gasteiger partial charge in [0.1, 0.15) is 0 Å². The number of benzene rings is 2. The molecule has 2 amide bonds. The SMILES string of the molecule is Cc1ccc(NC(=O)NCC2(c3ccc(Cl)cc3)CC2)c(C)c1. The summed E-state index contributed by atoms with van der Waals surface area (Å²) < 4.78 is 0. The molecule has 4 heteroatoms. The van der Waals surface area contributed by atoms with Gasteiger partial charge in [-0.05, 0) is 56.0 Å². The van der Waals surface area contributed by atoms with Crippen LogP contribution in [0.1, 0.15) is 29.5 Å². The van der Waals surface area contributed by atoms with E-state index >= 15 is 0 Å². The number of anilines is 1. The van der Waals surface area contributed by atoms with Crippen LogP contribution in [-0.2, 0) is 5.41 Å². The average molecular weight is 329 g/mol. The van der Waals surface area contributed by atoms with Crippen molar-refractivity contribution in [1.29, 1.82) is 0 Å². The molecule has 0 radical (unpaired) electrons. The second-order valence-electron chi connectivity index (χ2n) is 6.41. The van der Waals surface area contributed by atoms with E-state index in [4.69, 9.17) is 11.6 Å². The monoisotopic (exact) mass is 328 g/mol. The molecule has 0 aliphatic heterocycles. The first-order chi connectivity index (χ1) is 11.0. The molecule has 0 aromatic heterocycles. The van der Waals surface area contributed by atoms with Gasteiger partial charge >= 0.3 is 6.03 Å². The van der Waals surface area contributed by atoms with Gasteiger partial charge in [0.05, 0.1) is 0 Å². The standard InChI is InChI=1S/C19H21ClN2O/c1-13-3-8-17(14(2)11-13)22-18(23)21-12-19(9-10-19)15-4-6-16(20)7-5-15/h3-8,11H,9-10,12H2,1-2H3,(H2,21,22,23). The van der Waals surface area contributed by atoms with Gasteiger partial charge < -0.3 is 10.6 Å². The van der Waals surface area contributed by atoms with Gasteiger partial charge in [-0.2, -0.15) is 0 Å². The summed E-state index contributed by atoms with van der Waals surface area (Å²) in [6, 6.07) is 13.8. The number of amides is 2. The van der Waals surface area contributed by atoms with Gasteiger partial charge in [-0.15, -0.1) is 0 Å². The molecule has 3 rings (SSSR count). The van der Waals surface area contributed by atoms with Crippen molar-refractivity contribution in [3.05, 3.63) is 64.2 Å². The molecule has 1 fully saturated rings. The second kappa shape index (κ2) is 6.25. The Kier molecular flexibility index (Phi) is 4.31. The largest absolute Gasteiger partial charge is 0.337 e. The van der Waals surface area contributed by atoms with Crippen LogP contribution in [0.4, 0.5) is 10.5 Å². The predicted molar refractivity (Wildman–Crippen MR) is 95.3 cm³/mol. The van der Waals surface area contributed by atoms with E-state index in [9.17, 15) is 4.79 Å².